The van der Waals surface area contributed by atoms with Gasteiger partial charge < -0.3 is 14.2 Å². The van der Waals surface area contributed by atoms with Gasteiger partial charge >= 0.3 is 0 Å². The Bertz CT molecular complexity index is 613. The molecule has 0 spiro atoms. The van der Waals surface area contributed by atoms with Crippen molar-refractivity contribution in [2.45, 2.75) is 19.6 Å². The van der Waals surface area contributed by atoms with Crippen LogP contribution in [0.4, 0.5) is 0 Å². The summed E-state index contributed by atoms with van der Waals surface area (Å²) < 4.78 is 17.6. The Morgan fingerprint density at radius 3 is 2.23 bits per heavy atom. The molecule has 1 saturated heterocycles. The third-order valence-corrected chi connectivity index (χ3v) is 3.80. The second-order valence-corrected chi connectivity index (χ2v) is 6.30. The number of ether oxygens (including phenoxy) is 3. The smallest absolute Gasteiger partial charge is 0.239 e. The first-order chi connectivity index (χ1) is 10.6. The number of pyridine rings is 1. The SMILES string of the molecule is COc1ccc(C2(c3ccccn3)OCC(C)(C)CO2)cc1. The molecule has 116 valence electrons. The Balaban J connectivity index is 2.03. The summed E-state index contributed by atoms with van der Waals surface area (Å²) in [7, 11) is 1.65. The zero-order valence-corrected chi connectivity index (χ0v) is 13.2. The minimum absolute atomic E-state index is 0.00918. The molecule has 0 aliphatic carbocycles. The van der Waals surface area contributed by atoms with Crippen molar-refractivity contribution in [3.8, 4) is 5.75 Å². The number of hydrogen-bond donors (Lipinski definition) is 0. The lowest BCUT2D eigenvalue weighted by Crippen LogP contribution is -2.46. The molecule has 1 fully saturated rings. The van der Waals surface area contributed by atoms with E-state index in [2.05, 4.69) is 18.8 Å². The Kier molecular flexibility index (Phi) is 3.89. The van der Waals surface area contributed by atoms with Gasteiger partial charge in [-0.25, -0.2) is 0 Å². The fourth-order valence-corrected chi connectivity index (χ4v) is 2.51. The molecule has 0 radical (unpaired) electrons. The van der Waals surface area contributed by atoms with Gasteiger partial charge in [0.05, 0.1) is 20.3 Å². The molecule has 4 nitrogen and oxygen atoms in total. The predicted molar refractivity (Wildman–Crippen MR) is 83.7 cm³/mol. The number of methoxy groups -OCH3 is 1. The molecule has 1 aliphatic heterocycles. The standard InChI is InChI=1S/C18H21NO3/c1-17(2)12-21-18(22-13-17,16-6-4-5-11-19-16)14-7-9-15(20-3)10-8-14/h4-11H,12-13H2,1-3H3. The summed E-state index contributed by atoms with van der Waals surface area (Å²) in [5.74, 6) is -0.153. The minimum atomic E-state index is -0.955. The van der Waals surface area contributed by atoms with E-state index < -0.39 is 5.79 Å². The van der Waals surface area contributed by atoms with Crippen molar-refractivity contribution in [3.63, 3.8) is 0 Å². The Hall–Kier alpha value is -1.91. The first kappa shape index (κ1) is 15.0. The van der Waals surface area contributed by atoms with Crippen LogP contribution in [-0.4, -0.2) is 25.3 Å². The average Bonchev–Trinajstić information content (AvgIpc) is 2.56. The summed E-state index contributed by atoms with van der Waals surface area (Å²) in [6, 6.07) is 13.5. The number of hydrogen-bond acceptors (Lipinski definition) is 4. The summed E-state index contributed by atoms with van der Waals surface area (Å²) in [5.41, 5.74) is 1.67. The van der Waals surface area contributed by atoms with E-state index in [-0.39, 0.29) is 5.41 Å². The van der Waals surface area contributed by atoms with Crippen molar-refractivity contribution in [1.82, 2.24) is 4.98 Å². The van der Waals surface area contributed by atoms with E-state index >= 15 is 0 Å². The zero-order chi connectivity index (χ0) is 15.6. The monoisotopic (exact) mass is 299 g/mol. The van der Waals surface area contributed by atoms with Gasteiger partial charge in [0.2, 0.25) is 5.79 Å². The van der Waals surface area contributed by atoms with E-state index in [4.69, 9.17) is 14.2 Å². The Morgan fingerprint density at radius 2 is 1.68 bits per heavy atom. The first-order valence-corrected chi connectivity index (χ1v) is 7.40. The summed E-state index contributed by atoms with van der Waals surface area (Å²) in [6.45, 7) is 5.47. The van der Waals surface area contributed by atoms with Crippen LogP contribution >= 0.6 is 0 Å². The lowest BCUT2D eigenvalue weighted by molar-refractivity contribution is -0.286. The highest BCUT2D eigenvalue weighted by atomic mass is 16.7. The number of rotatable bonds is 3. The number of nitrogens with zero attached hydrogens (tertiary/aromatic N) is 1. The molecule has 0 amide bonds. The third kappa shape index (κ3) is 2.72. The number of aromatic nitrogens is 1. The normalized spacial score (nSPS) is 19.6. The molecule has 1 aliphatic rings. The van der Waals surface area contributed by atoms with Gasteiger partial charge in [-0.15, -0.1) is 0 Å². The van der Waals surface area contributed by atoms with Crippen molar-refractivity contribution in [2.24, 2.45) is 5.41 Å². The maximum atomic E-state index is 6.20. The maximum absolute atomic E-state index is 6.20. The number of benzene rings is 1. The molecule has 1 aromatic heterocycles. The molecule has 22 heavy (non-hydrogen) atoms. The van der Waals surface area contributed by atoms with Crippen LogP contribution in [0.2, 0.25) is 0 Å². The Morgan fingerprint density at radius 1 is 1.00 bits per heavy atom. The van der Waals surface area contributed by atoms with Crippen LogP contribution in [0.3, 0.4) is 0 Å². The van der Waals surface area contributed by atoms with Gasteiger partial charge in [-0.05, 0) is 36.4 Å². The molecule has 0 atom stereocenters. The lowest BCUT2D eigenvalue weighted by atomic mass is 9.92. The highest BCUT2D eigenvalue weighted by molar-refractivity contribution is 5.35. The quantitative estimate of drug-likeness (QED) is 0.871. The van der Waals surface area contributed by atoms with Crippen molar-refractivity contribution >= 4 is 0 Å². The van der Waals surface area contributed by atoms with Gasteiger partial charge in [-0.2, -0.15) is 0 Å². The van der Waals surface area contributed by atoms with Gasteiger partial charge in [0.25, 0.3) is 0 Å². The zero-order valence-electron chi connectivity index (χ0n) is 13.2. The fourth-order valence-electron chi connectivity index (χ4n) is 2.51. The molecular weight excluding hydrogens is 278 g/mol. The molecule has 1 aromatic carbocycles. The van der Waals surface area contributed by atoms with E-state index in [1.54, 1.807) is 13.3 Å². The third-order valence-electron chi connectivity index (χ3n) is 3.80. The van der Waals surface area contributed by atoms with Gasteiger partial charge in [-0.3, -0.25) is 4.98 Å². The molecule has 2 aromatic rings. The van der Waals surface area contributed by atoms with E-state index in [1.807, 2.05) is 42.5 Å². The van der Waals surface area contributed by atoms with E-state index in [1.165, 1.54) is 0 Å². The van der Waals surface area contributed by atoms with Crippen LogP contribution < -0.4 is 4.74 Å². The molecule has 0 unspecified atom stereocenters. The largest absolute Gasteiger partial charge is 0.497 e. The molecule has 0 saturated carbocycles. The molecular formula is C18H21NO3. The van der Waals surface area contributed by atoms with E-state index in [0.29, 0.717) is 13.2 Å². The van der Waals surface area contributed by atoms with Gasteiger partial charge in [0.1, 0.15) is 11.4 Å². The van der Waals surface area contributed by atoms with Gasteiger partial charge in [0, 0.05) is 17.2 Å². The minimum Gasteiger partial charge on any atom is -0.497 e. The predicted octanol–water partition coefficient (Wildman–Crippen LogP) is 3.36. The second-order valence-electron chi connectivity index (χ2n) is 6.30. The lowest BCUT2D eigenvalue weighted by Gasteiger charge is -2.43. The maximum Gasteiger partial charge on any atom is 0.239 e. The van der Waals surface area contributed by atoms with Crippen LogP contribution in [0.15, 0.2) is 48.7 Å². The topological polar surface area (TPSA) is 40.6 Å². The van der Waals surface area contributed by atoms with Crippen LogP contribution in [0.1, 0.15) is 25.1 Å². The molecule has 2 heterocycles. The van der Waals surface area contributed by atoms with Crippen molar-refractivity contribution in [3.05, 3.63) is 59.9 Å². The van der Waals surface area contributed by atoms with Crippen molar-refractivity contribution in [1.29, 1.82) is 0 Å². The molecule has 0 N–H and O–H groups in total. The first-order valence-electron chi connectivity index (χ1n) is 7.40. The van der Waals surface area contributed by atoms with Crippen LogP contribution in [0.5, 0.6) is 5.75 Å². The van der Waals surface area contributed by atoms with E-state index in [0.717, 1.165) is 17.0 Å². The highest BCUT2D eigenvalue weighted by Gasteiger charge is 2.44. The van der Waals surface area contributed by atoms with Gasteiger partial charge in [-0.1, -0.05) is 19.9 Å². The molecule has 4 heteroatoms. The van der Waals surface area contributed by atoms with E-state index in [9.17, 15) is 0 Å². The average molecular weight is 299 g/mol. The summed E-state index contributed by atoms with van der Waals surface area (Å²) in [5, 5.41) is 0. The fraction of sp³-hybridized carbons (Fsp3) is 0.389. The summed E-state index contributed by atoms with van der Waals surface area (Å²) in [4.78, 5) is 4.46. The van der Waals surface area contributed by atoms with Gasteiger partial charge in [0.15, 0.2) is 0 Å². The van der Waals surface area contributed by atoms with Crippen LogP contribution in [0.25, 0.3) is 0 Å². The summed E-state index contributed by atoms with van der Waals surface area (Å²) in [6.07, 6.45) is 1.76. The Labute approximate surface area is 131 Å². The molecule has 0 bridgehead atoms. The van der Waals surface area contributed by atoms with Crippen molar-refractivity contribution < 1.29 is 14.2 Å². The molecule has 3 rings (SSSR count). The van der Waals surface area contributed by atoms with Crippen LogP contribution in [-0.2, 0) is 15.3 Å². The van der Waals surface area contributed by atoms with Crippen molar-refractivity contribution in [2.75, 3.05) is 20.3 Å². The highest BCUT2D eigenvalue weighted by Crippen LogP contribution is 2.41. The summed E-state index contributed by atoms with van der Waals surface area (Å²) >= 11 is 0. The second kappa shape index (κ2) is 5.71. The van der Waals surface area contributed by atoms with Crippen LogP contribution in [0, 0.1) is 5.41 Å².